The molecular weight excluding hydrogens is 432 g/mol. The van der Waals surface area contributed by atoms with Crippen LogP contribution < -0.4 is 4.74 Å². The smallest absolute Gasteiger partial charge is 0.331 e. The van der Waals surface area contributed by atoms with E-state index in [1.54, 1.807) is 29.5 Å². The Hall–Kier alpha value is -3.57. The second-order valence-electron chi connectivity index (χ2n) is 8.18. The maximum absolute atomic E-state index is 11.3. The Morgan fingerprint density at radius 3 is 2.45 bits per heavy atom. The highest BCUT2D eigenvalue weighted by atomic mass is 32.1. The lowest BCUT2D eigenvalue weighted by molar-refractivity contribution is -0.132. The van der Waals surface area contributed by atoms with Crippen LogP contribution in [0.4, 0.5) is 0 Å². The lowest BCUT2D eigenvalue weighted by atomic mass is 9.96. The summed E-state index contributed by atoms with van der Waals surface area (Å²) >= 11 is 1.60. The van der Waals surface area contributed by atoms with Crippen molar-refractivity contribution in [2.45, 2.75) is 33.1 Å². The third kappa shape index (κ3) is 4.78. The van der Waals surface area contributed by atoms with Crippen molar-refractivity contribution in [1.29, 1.82) is 0 Å². The zero-order chi connectivity index (χ0) is 23.5. The van der Waals surface area contributed by atoms with Crippen LogP contribution in [0.3, 0.4) is 0 Å². The molecule has 0 spiro atoms. The van der Waals surface area contributed by atoms with E-state index in [1.165, 1.54) is 5.56 Å². The van der Waals surface area contributed by atoms with Gasteiger partial charge in [-0.15, -0.1) is 11.3 Å². The topological polar surface area (TPSA) is 66.8 Å². The van der Waals surface area contributed by atoms with Crippen LogP contribution in [0.25, 0.3) is 26.6 Å². The van der Waals surface area contributed by atoms with Crippen LogP contribution in [0.15, 0.2) is 72.3 Å². The first-order valence-electron chi connectivity index (χ1n) is 10.9. The summed E-state index contributed by atoms with van der Waals surface area (Å²) in [5, 5.41) is 20.2. The van der Waals surface area contributed by atoms with Crippen molar-refractivity contribution < 1.29 is 19.7 Å². The van der Waals surface area contributed by atoms with Gasteiger partial charge in [0.15, 0.2) is 5.75 Å². The lowest BCUT2D eigenvalue weighted by Crippen LogP contribution is -1.98. The highest BCUT2D eigenvalue weighted by molar-refractivity contribution is 7.22. The van der Waals surface area contributed by atoms with Crippen LogP contribution in [0.1, 0.15) is 44.2 Å². The summed E-state index contributed by atoms with van der Waals surface area (Å²) < 4.78 is 7.37. The van der Waals surface area contributed by atoms with E-state index in [0.717, 1.165) is 31.8 Å². The first kappa shape index (κ1) is 22.6. The molecule has 0 unspecified atom stereocenters. The molecule has 168 valence electrons. The SMILES string of the molecule is CCC(=Cc1ccc(Oc2c(-c3ccccc3C(C)C)sc3cc(O)ccc23)cc1)C(=O)O. The van der Waals surface area contributed by atoms with Gasteiger partial charge in [-0.2, -0.15) is 0 Å². The van der Waals surface area contributed by atoms with Crippen molar-refractivity contribution in [3.05, 3.63) is 83.4 Å². The van der Waals surface area contributed by atoms with Crippen LogP contribution in [-0.4, -0.2) is 16.2 Å². The fraction of sp³-hybridized carbons (Fsp3) is 0.179. The van der Waals surface area contributed by atoms with Crippen LogP contribution in [0.2, 0.25) is 0 Å². The van der Waals surface area contributed by atoms with Gasteiger partial charge in [0.05, 0.1) is 4.88 Å². The molecule has 4 rings (SSSR count). The van der Waals surface area contributed by atoms with Crippen molar-refractivity contribution >= 4 is 33.5 Å². The molecule has 5 heteroatoms. The molecule has 0 bridgehead atoms. The highest BCUT2D eigenvalue weighted by Crippen LogP contribution is 2.48. The van der Waals surface area contributed by atoms with Crippen LogP contribution >= 0.6 is 11.3 Å². The number of phenolic OH excluding ortho intramolecular Hbond substituents is 1. The van der Waals surface area contributed by atoms with Crippen molar-refractivity contribution in [2.24, 2.45) is 0 Å². The molecule has 1 heterocycles. The Labute approximate surface area is 197 Å². The summed E-state index contributed by atoms with van der Waals surface area (Å²) in [5.41, 5.74) is 3.53. The number of ether oxygens (including phenoxy) is 1. The number of carbonyl (C=O) groups is 1. The average Bonchev–Trinajstić information content (AvgIpc) is 3.15. The zero-order valence-corrected chi connectivity index (χ0v) is 19.6. The molecule has 0 atom stereocenters. The standard InChI is InChI=1S/C28H26O4S/c1-4-19(28(30)31)15-18-9-12-21(13-10-18)32-26-24-14-11-20(29)16-25(24)33-27(26)23-8-6-5-7-22(23)17(2)3/h5-17,29H,4H2,1-3H3,(H,30,31). The number of fused-ring (bicyclic) bond motifs is 1. The van der Waals surface area contributed by atoms with Crippen LogP contribution in [0, 0.1) is 0 Å². The minimum Gasteiger partial charge on any atom is -0.508 e. The molecular formula is C28H26O4S. The number of aliphatic carboxylic acids is 1. The number of thiophene rings is 1. The molecule has 1 aromatic heterocycles. The lowest BCUT2D eigenvalue weighted by Gasteiger charge is -2.14. The van der Waals surface area contributed by atoms with Crippen LogP contribution in [-0.2, 0) is 4.79 Å². The third-order valence-electron chi connectivity index (χ3n) is 5.55. The Morgan fingerprint density at radius 1 is 1.06 bits per heavy atom. The predicted molar refractivity (Wildman–Crippen MR) is 135 cm³/mol. The second-order valence-corrected chi connectivity index (χ2v) is 9.23. The molecule has 4 aromatic rings. The van der Waals surface area contributed by atoms with Crippen LogP contribution in [0.5, 0.6) is 17.2 Å². The highest BCUT2D eigenvalue weighted by Gasteiger charge is 2.20. The molecule has 0 aliphatic heterocycles. The molecule has 0 fully saturated rings. The molecule has 0 radical (unpaired) electrons. The van der Waals surface area contributed by atoms with E-state index in [0.29, 0.717) is 23.7 Å². The number of benzene rings is 3. The predicted octanol–water partition coefficient (Wildman–Crippen LogP) is 8.07. The molecule has 0 aliphatic carbocycles. The van der Waals surface area contributed by atoms with Gasteiger partial charge in [-0.25, -0.2) is 4.79 Å². The fourth-order valence-electron chi connectivity index (χ4n) is 3.81. The van der Waals surface area contributed by atoms with E-state index >= 15 is 0 Å². The molecule has 2 N–H and O–H groups in total. The minimum atomic E-state index is -0.903. The maximum Gasteiger partial charge on any atom is 0.331 e. The molecule has 0 saturated heterocycles. The summed E-state index contributed by atoms with van der Waals surface area (Å²) in [4.78, 5) is 12.3. The number of aromatic hydroxyl groups is 1. The van der Waals surface area contributed by atoms with Gasteiger partial charge < -0.3 is 14.9 Å². The van der Waals surface area contributed by atoms with E-state index in [4.69, 9.17) is 4.74 Å². The van der Waals surface area contributed by atoms with Crippen molar-refractivity contribution in [2.75, 3.05) is 0 Å². The summed E-state index contributed by atoms with van der Waals surface area (Å²) in [5.74, 6) is 1.09. The van der Waals surface area contributed by atoms with E-state index in [2.05, 4.69) is 26.0 Å². The van der Waals surface area contributed by atoms with Gasteiger partial charge in [-0.3, -0.25) is 0 Å². The van der Waals surface area contributed by atoms with Gasteiger partial charge in [0, 0.05) is 15.7 Å². The molecule has 4 nitrogen and oxygen atoms in total. The van der Waals surface area contributed by atoms with E-state index in [1.807, 2.05) is 49.4 Å². The largest absolute Gasteiger partial charge is 0.508 e. The van der Waals surface area contributed by atoms with Gasteiger partial charge in [-0.1, -0.05) is 57.2 Å². The van der Waals surface area contributed by atoms with E-state index in [-0.39, 0.29) is 5.75 Å². The van der Waals surface area contributed by atoms with E-state index < -0.39 is 5.97 Å². The number of carboxylic acids is 1. The van der Waals surface area contributed by atoms with Gasteiger partial charge >= 0.3 is 5.97 Å². The molecule has 33 heavy (non-hydrogen) atoms. The van der Waals surface area contributed by atoms with Gasteiger partial charge in [-0.05, 0) is 65.4 Å². The monoisotopic (exact) mass is 458 g/mol. The first-order valence-corrected chi connectivity index (χ1v) is 11.8. The average molecular weight is 459 g/mol. The maximum atomic E-state index is 11.3. The minimum absolute atomic E-state index is 0.222. The number of hydrogen-bond donors (Lipinski definition) is 2. The Kier molecular flexibility index (Phi) is 6.52. The molecule has 0 saturated carbocycles. The summed E-state index contributed by atoms with van der Waals surface area (Å²) in [7, 11) is 0. The Bertz CT molecular complexity index is 1330. The quantitative estimate of drug-likeness (QED) is 0.275. The Balaban J connectivity index is 1.78. The van der Waals surface area contributed by atoms with Crippen molar-refractivity contribution in [3.8, 4) is 27.7 Å². The molecule has 3 aromatic carbocycles. The number of phenols is 1. The van der Waals surface area contributed by atoms with Gasteiger partial charge in [0.1, 0.15) is 11.5 Å². The number of hydrogen-bond acceptors (Lipinski definition) is 4. The van der Waals surface area contributed by atoms with Gasteiger partial charge in [0.2, 0.25) is 0 Å². The van der Waals surface area contributed by atoms with Crippen molar-refractivity contribution in [3.63, 3.8) is 0 Å². The second kappa shape index (κ2) is 9.51. The Morgan fingerprint density at radius 2 is 1.79 bits per heavy atom. The summed E-state index contributed by atoms with van der Waals surface area (Å²) in [6, 6.07) is 21.1. The first-order chi connectivity index (χ1) is 15.9. The normalized spacial score (nSPS) is 11.8. The summed E-state index contributed by atoms with van der Waals surface area (Å²) in [6.45, 7) is 6.17. The number of rotatable bonds is 7. The fourth-order valence-corrected chi connectivity index (χ4v) is 5.02. The summed E-state index contributed by atoms with van der Waals surface area (Å²) in [6.07, 6.45) is 2.14. The van der Waals surface area contributed by atoms with Gasteiger partial charge in [0.25, 0.3) is 0 Å². The third-order valence-corrected chi connectivity index (χ3v) is 6.72. The molecule has 0 aliphatic rings. The number of carboxylic acid groups (broad SMARTS) is 1. The molecule has 0 amide bonds. The van der Waals surface area contributed by atoms with E-state index in [9.17, 15) is 15.0 Å². The zero-order valence-electron chi connectivity index (χ0n) is 18.8. The van der Waals surface area contributed by atoms with Crippen molar-refractivity contribution in [1.82, 2.24) is 0 Å².